The normalized spacial score (nSPS) is 10.6. The Hall–Kier alpha value is -3.94. The minimum atomic E-state index is -0.687. The van der Waals surface area contributed by atoms with E-state index < -0.39 is 24.5 Å². The van der Waals surface area contributed by atoms with Gasteiger partial charge < -0.3 is 14.8 Å². The van der Waals surface area contributed by atoms with Crippen LogP contribution in [0.5, 0.6) is 0 Å². The third-order valence-corrected chi connectivity index (χ3v) is 5.71. The number of aromatic nitrogens is 1. The Morgan fingerprint density at radius 2 is 1.64 bits per heavy atom. The lowest BCUT2D eigenvalue weighted by atomic mass is 10.0. The minimum Gasteiger partial charge on any atom is -0.462 e. The van der Waals surface area contributed by atoms with Gasteiger partial charge in [0.25, 0.3) is 5.91 Å². The minimum absolute atomic E-state index is 0.244. The number of carbonyl (C=O) groups excluding carboxylic acids is 3. The summed E-state index contributed by atoms with van der Waals surface area (Å²) in [7, 11) is 0. The lowest BCUT2D eigenvalue weighted by Crippen LogP contribution is -2.21. The zero-order valence-electron chi connectivity index (χ0n) is 19.1. The number of nitrogens with zero attached hydrogens (tertiary/aromatic N) is 1. The molecule has 0 aliphatic carbocycles. The van der Waals surface area contributed by atoms with Gasteiger partial charge in [0, 0.05) is 21.7 Å². The first-order valence-corrected chi connectivity index (χ1v) is 11.7. The number of halogens is 2. The van der Waals surface area contributed by atoms with E-state index in [4.69, 9.17) is 32.7 Å². The lowest BCUT2D eigenvalue weighted by molar-refractivity contribution is -0.119. The number of benzene rings is 3. The summed E-state index contributed by atoms with van der Waals surface area (Å²) in [6.45, 7) is 1.48. The summed E-state index contributed by atoms with van der Waals surface area (Å²) in [5.74, 6) is -1.67. The number of ether oxygens (including phenoxy) is 2. The molecule has 9 heteroatoms. The van der Waals surface area contributed by atoms with Crippen molar-refractivity contribution in [1.29, 1.82) is 0 Å². The molecule has 0 aliphatic heterocycles. The van der Waals surface area contributed by atoms with Crippen LogP contribution in [0.2, 0.25) is 10.0 Å². The highest BCUT2D eigenvalue weighted by Gasteiger charge is 2.18. The van der Waals surface area contributed by atoms with Crippen LogP contribution in [-0.2, 0) is 14.3 Å². The second-order valence-electron chi connectivity index (χ2n) is 7.62. The number of rotatable bonds is 7. The van der Waals surface area contributed by atoms with E-state index in [-0.39, 0.29) is 12.2 Å². The Bertz CT molecular complexity index is 1450. The monoisotopic (exact) mass is 522 g/mol. The number of para-hydroxylation sites is 1. The van der Waals surface area contributed by atoms with Gasteiger partial charge in [0.2, 0.25) is 0 Å². The summed E-state index contributed by atoms with van der Waals surface area (Å²) in [4.78, 5) is 41.7. The average Bonchev–Trinajstić information content (AvgIpc) is 2.87. The maximum absolute atomic E-state index is 13.0. The fourth-order valence-corrected chi connectivity index (χ4v) is 3.99. The Morgan fingerprint density at radius 3 is 2.36 bits per heavy atom. The molecule has 0 saturated carbocycles. The molecule has 182 valence electrons. The Balaban J connectivity index is 1.49. The Kier molecular flexibility index (Phi) is 7.83. The van der Waals surface area contributed by atoms with Crippen LogP contribution in [0.1, 0.15) is 27.6 Å². The smallest absolute Gasteiger partial charge is 0.339 e. The van der Waals surface area contributed by atoms with Crippen molar-refractivity contribution in [3.63, 3.8) is 0 Å². The van der Waals surface area contributed by atoms with E-state index in [1.165, 1.54) is 12.1 Å². The van der Waals surface area contributed by atoms with Crippen LogP contribution < -0.4 is 5.32 Å². The van der Waals surface area contributed by atoms with E-state index in [0.717, 1.165) is 0 Å². The molecule has 1 aromatic heterocycles. The van der Waals surface area contributed by atoms with Gasteiger partial charge in [0.05, 0.1) is 34.0 Å². The molecular weight excluding hydrogens is 503 g/mol. The maximum atomic E-state index is 13.0. The van der Waals surface area contributed by atoms with Gasteiger partial charge in [0.15, 0.2) is 6.61 Å². The molecule has 0 spiro atoms. The van der Waals surface area contributed by atoms with Crippen LogP contribution >= 0.6 is 23.2 Å². The first kappa shape index (κ1) is 25.2. The number of amides is 1. The highest BCUT2D eigenvalue weighted by molar-refractivity contribution is 6.36. The standard InChI is InChI=1S/C27H20Cl2N2O5/c1-2-35-26(33)16-7-10-18(11-8-16)30-25(32)15-36-27(34)21-14-24(20-12-9-17(28)13-22(20)29)31-23-6-4-3-5-19(21)23/h3-14H,2,15H2,1H3,(H,30,32). The second kappa shape index (κ2) is 11.2. The number of fused-ring (bicyclic) bond motifs is 1. The summed E-state index contributed by atoms with van der Waals surface area (Å²) in [6, 6.07) is 19.9. The Labute approximate surface area is 217 Å². The van der Waals surface area contributed by atoms with Gasteiger partial charge >= 0.3 is 11.9 Å². The van der Waals surface area contributed by atoms with Crippen molar-refractivity contribution in [3.05, 3.63) is 94.0 Å². The molecule has 0 fully saturated rings. The maximum Gasteiger partial charge on any atom is 0.339 e. The third kappa shape index (κ3) is 5.82. The van der Waals surface area contributed by atoms with E-state index in [0.29, 0.717) is 43.5 Å². The molecule has 1 heterocycles. The van der Waals surface area contributed by atoms with E-state index in [1.807, 2.05) is 0 Å². The summed E-state index contributed by atoms with van der Waals surface area (Å²) in [5.41, 5.74) is 2.69. The third-order valence-electron chi connectivity index (χ3n) is 5.16. The molecular formula is C27H20Cl2N2O5. The number of esters is 2. The summed E-state index contributed by atoms with van der Waals surface area (Å²) in [5, 5.41) is 4.06. The first-order chi connectivity index (χ1) is 17.4. The molecule has 36 heavy (non-hydrogen) atoms. The van der Waals surface area contributed by atoms with E-state index in [9.17, 15) is 14.4 Å². The van der Waals surface area contributed by atoms with Crippen LogP contribution in [-0.4, -0.2) is 36.0 Å². The predicted molar refractivity (Wildman–Crippen MR) is 139 cm³/mol. The van der Waals surface area contributed by atoms with Gasteiger partial charge in [-0.3, -0.25) is 4.79 Å². The van der Waals surface area contributed by atoms with Crippen molar-refractivity contribution in [2.24, 2.45) is 0 Å². The fourth-order valence-electron chi connectivity index (χ4n) is 3.49. The van der Waals surface area contributed by atoms with E-state index >= 15 is 0 Å². The van der Waals surface area contributed by atoms with Gasteiger partial charge in [0.1, 0.15) is 0 Å². The quantitative estimate of drug-likeness (QED) is 0.291. The predicted octanol–water partition coefficient (Wildman–Crippen LogP) is 6.18. The molecule has 1 amide bonds. The molecule has 4 rings (SSSR count). The molecule has 0 aliphatic rings. The summed E-state index contributed by atoms with van der Waals surface area (Å²) in [6.07, 6.45) is 0. The Morgan fingerprint density at radius 1 is 0.889 bits per heavy atom. The molecule has 0 radical (unpaired) electrons. The number of hydrogen-bond acceptors (Lipinski definition) is 6. The van der Waals surface area contributed by atoms with Gasteiger partial charge in [-0.05, 0) is 61.5 Å². The van der Waals surface area contributed by atoms with Crippen molar-refractivity contribution in [3.8, 4) is 11.3 Å². The first-order valence-electron chi connectivity index (χ1n) is 10.9. The second-order valence-corrected chi connectivity index (χ2v) is 8.46. The SMILES string of the molecule is CCOC(=O)c1ccc(NC(=O)COC(=O)c2cc(-c3ccc(Cl)cc3Cl)nc3ccccc23)cc1. The zero-order valence-corrected chi connectivity index (χ0v) is 20.6. The van der Waals surface area contributed by atoms with Crippen LogP contribution in [0.4, 0.5) is 5.69 Å². The molecule has 0 bridgehead atoms. The molecule has 7 nitrogen and oxygen atoms in total. The van der Waals surface area contributed by atoms with Crippen LogP contribution in [0.25, 0.3) is 22.2 Å². The molecule has 0 unspecified atom stereocenters. The lowest BCUT2D eigenvalue weighted by Gasteiger charge is -2.11. The van der Waals surface area contributed by atoms with Gasteiger partial charge in [-0.2, -0.15) is 0 Å². The van der Waals surface area contributed by atoms with Crippen molar-refractivity contribution in [1.82, 2.24) is 4.98 Å². The number of carbonyl (C=O) groups is 3. The largest absolute Gasteiger partial charge is 0.462 e. The van der Waals surface area contributed by atoms with Crippen LogP contribution in [0, 0.1) is 0 Å². The number of hydrogen-bond donors (Lipinski definition) is 1. The van der Waals surface area contributed by atoms with Crippen molar-refractivity contribution in [2.45, 2.75) is 6.92 Å². The van der Waals surface area contributed by atoms with Crippen molar-refractivity contribution in [2.75, 3.05) is 18.5 Å². The van der Waals surface area contributed by atoms with Crippen molar-refractivity contribution >= 4 is 57.6 Å². The summed E-state index contributed by atoms with van der Waals surface area (Å²) >= 11 is 12.4. The van der Waals surface area contributed by atoms with Gasteiger partial charge in [-0.1, -0.05) is 41.4 Å². The number of pyridine rings is 1. The van der Waals surface area contributed by atoms with Crippen LogP contribution in [0.3, 0.4) is 0 Å². The molecule has 0 atom stereocenters. The molecule has 3 aromatic carbocycles. The molecule has 4 aromatic rings. The number of anilines is 1. The van der Waals surface area contributed by atoms with Crippen LogP contribution in [0.15, 0.2) is 72.8 Å². The fraction of sp³-hybridized carbons (Fsp3) is 0.111. The van der Waals surface area contributed by atoms with Gasteiger partial charge in [-0.25, -0.2) is 14.6 Å². The summed E-state index contributed by atoms with van der Waals surface area (Å²) < 4.78 is 10.2. The highest BCUT2D eigenvalue weighted by Crippen LogP contribution is 2.32. The zero-order chi connectivity index (χ0) is 25.7. The van der Waals surface area contributed by atoms with E-state index in [2.05, 4.69) is 10.3 Å². The van der Waals surface area contributed by atoms with Crippen molar-refractivity contribution < 1.29 is 23.9 Å². The van der Waals surface area contributed by atoms with Gasteiger partial charge in [-0.15, -0.1) is 0 Å². The molecule has 0 saturated heterocycles. The topological polar surface area (TPSA) is 94.6 Å². The molecule has 1 N–H and O–H groups in total. The highest BCUT2D eigenvalue weighted by atomic mass is 35.5. The van der Waals surface area contributed by atoms with E-state index in [1.54, 1.807) is 67.6 Å². The average molecular weight is 523 g/mol. The number of nitrogens with one attached hydrogen (secondary N) is 1.